The maximum absolute atomic E-state index is 9.35. The van der Waals surface area contributed by atoms with E-state index in [1.165, 1.54) is 0 Å². The molecule has 1 unspecified atom stereocenters. The quantitative estimate of drug-likeness (QED) is 0.366. The molecule has 0 amide bonds. The highest BCUT2D eigenvalue weighted by atomic mass is 32.1. The Hall–Kier alpha value is 0.110. The van der Waals surface area contributed by atoms with Crippen molar-refractivity contribution in [1.29, 1.82) is 0 Å². The van der Waals surface area contributed by atoms with Crippen LogP contribution in [0.2, 0.25) is 0 Å². The van der Waals surface area contributed by atoms with Crippen LogP contribution in [-0.4, -0.2) is 71.1 Å². The SMILES string of the molecule is CO.OC1[C@@H](OCCS)OC[C@@H](O)[C@@H]1O. The van der Waals surface area contributed by atoms with Crippen LogP contribution >= 0.6 is 12.6 Å². The molecule has 7 heteroatoms. The molecule has 1 rings (SSSR count). The first kappa shape index (κ1) is 15.1. The number of ether oxygens (including phenoxy) is 2. The molecule has 4 atom stereocenters. The van der Waals surface area contributed by atoms with E-state index in [4.69, 9.17) is 19.7 Å². The molecule has 15 heavy (non-hydrogen) atoms. The number of aliphatic hydroxyl groups excluding tert-OH is 4. The van der Waals surface area contributed by atoms with E-state index in [1.807, 2.05) is 0 Å². The molecule has 1 aliphatic heterocycles. The second-order valence-corrected chi connectivity index (χ2v) is 3.29. The van der Waals surface area contributed by atoms with Gasteiger partial charge in [0.05, 0.1) is 13.2 Å². The van der Waals surface area contributed by atoms with Crippen LogP contribution in [0.25, 0.3) is 0 Å². The van der Waals surface area contributed by atoms with Gasteiger partial charge in [0, 0.05) is 12.9 Å². The van der Waals surface area contributed by atoms with Gasteiger partial charge in [0.2, 0.25) is 0 Å². The molecule has 0 aliphatic carbocycles. The summed E-state index contributed by atoms with van der Waals surface area (Å²) in [5.74, 6) is 0.505. The molecule has 6 nitrogen and oxygen atoms in total. The molecular weight excluding hydrogens is 224 g/mol. The molecule has 0 bridgehead atoms. The van der Waals surface area contributed by atoms with Crippen LogP contribution in [0.3, 0.4) is 0 Å². The lowest BCUT2D eigenvalue weighted by molar-refractivity contribution is -0.268. The smallest absolute Gasteiger partial charge is 0.186 e. The van der Waals surface area contributed by atoms with E-state index in [0.29, 0.717) is 12.4 Å². The highest BCUT2D eigenvalue weighted by Gasteiger charge is 2.37. The zero-order valence-corrected chi connectivity index (χ0v) is 9.38. The van der Waals surface area contributed by atoms with Crippen molar-refractivity contribution in [3.05, 3.63) is 0 Å². The summed E-state index contributed by atoms with van der Waals surface area (Å²) in [7, 11) is 1.00. The first-order valence-corrected chi connectivity index (χ1v) is 5.13. The zero-order valence-electron chi connectivity index (χ0n) is 8.48. The van der Waals surface area contributed by atoms with E-state index in [9.17, 15) is 10.2 Å². The van der Waals surface area contributed by atoms with Crippen LogP contribution in [0.1, 0.15) is 0 Å². The third kappa shape index (κ3) is 4.64. The highest BCUT2D eigenvalue weighted by molar-refractivity contribution is 7.80. The molecule has 1 heterocycles. The molecule has 0 spiro atoms. The van der Waals surface area contributed by atoms with Crippen LogP contribution in [0.5, 0.6) is 0 Å². The first-order valence-electron chi connectivity index (χ1n) is 4.50. The van der Waals surface area contributed by atoms with Gasteiger partial charge in [0.15, 0.2) is 6.29 Å². The van der Waals surface area contributed by atoms with Gasteiger partial charge >= 0.3 is 0 Å². The Morgan fingerprint density at radius 3 is 2.40 bits per heavy atom. The summed E-state index contributed by atoms with van der Waals surface area (Å²) in [6.07, 6.45) is -4.33. The maximum Gasteiger partial charge on any atom is 0.186 e. The summed E-state index contributed by atoms with van der Waals surface area (Å²) >= 11 is 3.92. The van der Waals surface area contributed by atoms with Crippen LogP contribution in [0, 0.1) is 0 Å². The molecule has 1 saturated heterocycles. The third-order valence-corrected chi connectivity index (χ3v) is 2.01. The molecule has 4 N–H and O–H groups in total. The molecule has 0 saturated carbocycles. The Morgan fingerprint density at radius 1 is 1.27 bits per heavy atom. The predicted molar refractivity (Wildman–Crippen MR) is 55.7 cm³/mol. The standard InChI is InChI=1S/C7H14O5S.CH4O/c8-4-3-12-7(11-1-2-13)6(10)5(4)9;1-2/h4-10,13H,1-3H2;2H,1H3/t4-,5+,6?,7+;/m1./s1. The summed E-state index contributed by atoms with van der Waals surface area (Å²) in [5.41, 5.74) is 0. The van der Waals surface area contributed by atoms with Crippen molar-refractivity contribution >= 4 is 12.6 Å². The minimum absolute atomic E-state index is 0.0323. The van der Waals surface area contributed by atoms with Crippen molar-refractivity contribution in [3.8, 4) is 0 Å². The van der Waals surface area contributed by atoms with E-state index < -0.39 is 24.6 Å². The topological polar surface area (TPSA) is 99.4 Å². The highest BCUT2D eigenvalue weighted by Crippen LogP contribution is 2.16. The Bertz CT molecular complexity index is 156. The van der Waals surface area contributed by atoms with Crippen molar-refractivity contribution in [3.63, 3.8) is 0 Å². The van der Waals surface area contributed by atoms with Crippen LogP contribution < -0.4 is 0 Å². The van der Waals surface area contributed by atoms with Crippen molar-refractivity contribution in [1.82, 2.24) is 0 Å². The van der Waals surface area contributed by atoms with Crippen molar-refractivity contribution in [2.75, 3.05) is 26.1 Å². The largest absolute Gasteiger partial charge is 0.400 e. The van der Waals surface area contributed by atoms with Gasteiger partial charge in [-0.3, -0.25) is 0 Å². The van der Waals surface area contributed by atoms with E-state index in [-0.39, 0.29) is 6.61 Å². The summed E-state index contributed by atoms with van der Waals surface area (Å²) < 4.78 is 10.0. The summed E-state index contributed by atoms with van der Waals surface area (Å²) in [6, 6.07) is 0. The third-order valence-electron chi connectivity index (χ3n) is 1.83. The van der Waals surface area contributed by atoms with Gasteiger partial charge in [-0.05, 0) is 0 Å². The van der Waals surface area contributed by atoms with Crippen molar-refractivity contribution < 1.29 is 29.9 Å². The number of hydrogen-bond acceptors (Lipinski definition) is 7. The molecule has 92 valence electrons. The predicted octanol–water partition coefficient (Wildman–Crippen LogP) is -2.02. The summed E-state index contributed by atoms with van der Waals surface area (Å²) in [6.45, 7) is 0.295. The number of aliphatic hydroxyl groups is 4. The average molecular weight is 242 g/mol. The Labute approximate surface area is 93.9 Å². The minimum atomic E-state index is -1.21. The van der Waals surface area contributed by atoms with Gasteiger partial charge in [-0.1, -0.05) is 0 Å². The van der Waals surface area contributed by atoms with Gasteiger partial charge in [-0.25, -0.2) is 0 Å². The molecule has 1 fully saturated rings. The first-order chi connectivity index (χ1) is 7.16. The fourth-order valence-electron chi connectivity index (χ4n) is 1.09. The molecule has 1 aliphatic rings. The van der Waals surface area contributed by atoms with Gasteiger partial charge in [0.1, 0.15) is 18.3 Å². The Kier molecular flexibility index (Phi) is 8.34. The van der Waals surface area contributed by atoms with Crippen LogP contribution in [0.15, 0.2) is 0 Å². The lowest BCUT2D eigenvalue weighted by atomic mass is 10.1. The summed E-state index contributed by atoms with van der Waals surface area (Å²) in [5, 5.41) is 34.7. The van der Waals surface area contributed by atoms with E-state index in [2.05, 4.69) is 12.6 Å². The number of thiol groups is 1. The minimum Gasteiger partial charge on any atom is -0.400 e. The maximum atomic E-state index is 9.35. The number of rotatable bonds is 3. The van der Waals surface area contributed by atoms with E-state index in [0.717, 1.165) is 7.11 Å². The lowest BCUT2D eigenvalue weighted by Gasteiger charge is -2.34. The second kappa shape index (κ2) is 8.28. The van der Waals surface area contributed by atoms with E-state index >= 15 is 0 Å². The fraction of sp³-hybridized carbons (Fsp3) is 1.00. The van der Waals surface area contributed by atoms with Crippen molar-refractivity contribution in [2.24, 2.45) is 0 Å². The average Bonchev–Trinajstić information content (AvgIpc) is 2.28. The molecule has 0 aromatic carbocycles. The molecular formula is C8H18O6S. The van der Waals surface area contributed by atoms with Crippen LogP contribution in [0.4, 0.5) is 0 Å². The normalized spacial score (nSPS) is 35.6. The van der Waals surface area contributed by atoms with Crippen molar-refractivity contribution in [2.45, 2.75) is 24.6 Å². The van der Waals surface area contributed by atoms with Gasteiger partial charge in [0.25, 0.3) is 0 Å². The Morgan fingerprint density at radius 2 is 1.87 bits per heavy atom. The fourth-order valence-corrected chi connectivity index (χ4v) is 1.20. The van der Waals surface area contributed by atoms with Crippen LogP contribution in [-0.2, 0) is 9.47 Å². The monoisotopic (exact) mass is 242 g/mol. The van der Waals surface area contributed by atoms with E-state index in [1.54, 1.807) is 0 Å². The van der Waals surface area contributed by atoms with Gasteiger partial charge in [-0.15, -0.1) is 0 Å². The summed E-state index contributed by atoms with van der Waals surface area (Å²) in [4.78, 5) is 0. The second-order valence-electron chi connectivity index (χ2n) is 2.84. The molecule has 0 radical (unpaired) electrons. The van der Waals surface area contributed by atoms with Gasteiger partial charge in [-0.2, -0.15) is 12.6 Å². The Balaban J connectivity index is 0.000000921. The van der Waals surface area contributed by atoms with Gasteiger partial charge < -0.3 is 29.9 Å². The molecule has 0 aromatic rings. The number of hydrogen-bond donors (Lipinski definition) is 5. The zero-order chi connectivity index (χ0) is 11.8. The molecule has 0 aromatic heterocycles. The lowest BCUT2D eigenvalue weighted by Crippen LogP contribution is -2.53.